The Morgan fingerprint density at radius 2 is 1.72 bits per heavy atom. The molecule has 3 rings (SSSR count). The van der Waals surface area contributed by atoms with Crippen molar-refractivity contribution >= 4 is 11.3 Å². The minimum atomic E-state index is 0.651. The highest BCUT2D eigenvalue weighted by molar-refractivity contribution is 5.65. The summed E-state index contributed by atoms with van der Waals surface area (Å²) in [5, 5.41) is 7.88. The second-order valence-corrected chi connectivity index (χ2v) is 8.40. The lowest BCUT2D eigenvalue weighted by Gasteiger charge is -2.10. The van der Waals surface area contributed by atoms with Crippen molar-refractivity contribution in [3.05, 3.63) is 90.5 Å². The zero-order chi connectivity index (χ0) is 22.8. The highest BCUT2D eigenvalue weighted by Crippen LogP contribution is 2.21. The second kappa shape index (κ2) is 12.0. The van der Waals surface area contributed by atoms with Crippen molar-refractivity contribution in [2.24, 2.45) is 0 Å². The average molecular weight is 429 g/mol. The zero-order valence-electron chi connectivity index (χ0n) is 19.6. The molecule has 0 atom stereocenters. The summed E-state index contributed by atoms with van der Waals surface area (Å²) in [6.07, 6.45) is 10.1. The van der Waals surface area contributed by atoms with E-state index >= 15 is 0 Å². The molecular formula is C28H36N4. The molecule has 4 nitrogen and oxygen atoms in total. The first-order valence-corrected chi connectivity index (χ1v) is 11.8. The van der Waals surface area contributed by atoms with Gasteiger partial charge in [-0.3, -0.25) is 0 Å². The standard InChI is InChI=1S/C28H36N4/c1-5-25-20-24(17-18-27(25)22(2)3)14-10-7-6-8-13-19-29-23(4)28-30-21-32(31-28)26-15-11-9-12-16-26/h9,11-12,15-18,20-21,29H,2,4-8,10,13-14,19H2,1,3H3. The Morgan fingerprint density at radius 1 is 0.969 bits per heavy atom. The summed E-state index contributed by atoms with van der Waals surface area (Å²) in [5.41, 5.74) is 7.12. The highest BCUT2D eigenvalue weighted by atomic mass is 15.3. The number of aromatic nitrogens is 3. The average Bonchev–Trinajstić information content (AvgIpc) is 3.31. The molecule has 0 fully saturated rings. The summed E-state index contributed by atoms with van der Waals surface area (Å²) >= 11 is 0. The molecule has 2 aromatic carbocycles. The van der Waals surface area contributed by atoms with Crippen LogP contribution in [-0.4, -0.2) is 21.3 Å². The Kier molecular flexibility index (Phi) is 8.85. The Hall–Kier alpha value is -3.14. The van der Waals surface area contributed by atoms with Crippen LogP contribution in [0.2, 0.25) is 0 Å². The maximum atomic E-state index is 4.51. The third kappa shape index (κ3) is 6.68. The van der Waals surface area contributed by atoms with E-state index in [9.17, 15) is 0 Å². The molecule has 0 radical (unpaired) electrons. The molecule has 3 aromatic rings. The lowest BCUT2D eigenvalue weighted by Crippen LogP contribution is -2.14. The third-order valence-electron chi connectivity index (χ3n) is 5.77. The fourth-order valence-electron chi connectivity index (χ4n) is 3.92. The van der Waals surface area contributed by atoms with Crippen LogP contribution in [0.1, 0.15) is 68.5 Å². The number of para-hydroxylation sites is 1. The number of hydrogen-bond acceptors (Lipinski definition) is 3. The molecule has 1 aromatic heterocycles. The van der Waals surface area contributed by atoms with E-state index in [0.29, 0.717) is 5.82 Å². The monoisotopic (exact) mass is 428 g/mol. The minimum Gasteiger partial charge on any atom is -0.382 e. The largest absolute Gasteiger partial charge is 0.382 e. The number of hydrogen-bond donors (Lipinski definition) is 1. The first-order valence-electron chi connectivity index (χ1n) is 11.8. The summed E-state index contributed by atoms with van der Waals surface area (Å²) < 4.78 is 1.78. The Bertz CT molecular complexity index is 1020. The lowest BCUT2D eigenvalue weighted by molar-refractivity contribution is 0.605. The maximum Gasteiger partial charge on any atom is 0.197 e. The van der Waals surface area contributed by atoms with E-state index in [4.69, 9.17) is 0 Å². The van der Waals surface area contributed by atoms with Crippen LogP contribution in [0.25, 0.3) is 17.0 Å². The van der Waals surface area contributed by atoms with E-state index in [-0.39, 0.29) is 0 Å². The van der Waals surface area contributed by atoms with Crippen molar-refractivity contribution in [1.82, 2.24) is 20.1 Å². The number of nitrogens with zero attached hydrogens (tertiary/aromatic N) is 3. The van der Waals surface area contributed by atoms with Crippen LogP contribution >= 0.6 is 0 Å². The van der Waals surface area contributed by atoms with E-state index in [2.05, 4.69) is 60.6 Å². The summed E-state index contributed by atoms with van der Waals surface area (Å²) in [5.74, 6) is 0.651. The summed E-state index contributed by atoms with van der Waals surface area (Å²) in [6, 6.07) is 16.9. The Morgan fingerprint density at radius 3 is 2.47 bits per heavy atom. The van der Waals surface area contributed by atoms with Crippen molar-refractivity contribution < 1.29 is 0 Å². The van der Waals surface area contributed by atoms with Gasteiger partial charge in [-0.15, -0.1) is 5.10 Å². The van der Waals surface area contributed by atoms with Crippen molar-refractivity contribution in [1.29, 1.82) is 0 Å². The van der Waals surface area contributed by atoms with Crippen molar-refractivity contribution in [3.63, 3.8) is 0 Å². The van der Waals surface area contributed by atoms with Gasteiger partial charge in [0.05, 0.1) is 11.4 Å². The molecule has 0 aliphatic heterocycles. The summed E-state index contributed by atoms with van der Waals surface area (Å²) in [4.78, 5) is 4.37. The molecule has 168 valence electrons. The molecule has 0 aliphatic rings. The first-order chi connectivity index (χ1) is 15.6. The van der Waals surface area contributed by atoms with E-state index in [1.807, 2.05) is 30.3 Å². The third-order valence-corrected chi connectivity index (χ3v) is 5.77. The second-order valence-electron chi connectivity index (χ2n) is 8.40. The van der Waals surface area contributed by atoms with Crippen LogP contribution < -0.4 is 5.32 Å². The smallest absolute Gasteiger partial charge is 0.197 e. The van der Waals surface area contributed by atoms with Gasteiger partial charge in [-0.05, 0) is 61.4 Å². The number of benzene rings is 2. The predicted octanol–water partition coefficient (Wildman–Crippen LogP) is 6.62. The van der Waals surface area contributed by atoms with Crippen LogP contribution in [0.4, 0.5) is 0 Å². The molecule has 0 bridgehead atoms. The summed E-state index contributed by atoms with van der Waals surface area (Å²) in [7, 11) is 0. The lowest BCUT2D eigenvalue weighted by atomic mass is 9.95. The number of aryl methyl sites for hydroxylation is 2. The van der Waals surface area contributed by atoms with Crippen LogP contribution in [0, 0.1) is 0 Å². The Labute approximate surface area is 193 Å². The van der Waals surface area contributed by atoms with Gasteiger partial charge in [0.25, 0.3) is 0 Å². The van der Waals surface area contributed by atoms with Gasteiger partial charge in [0.1, 0.15) is 6.33 Å². The molecule has 0 unspecified atom stereocenters. The van der Waals surface area contributed by atoms with E-state index in [0.717, 1.165) is 42.8 Å². The zero-order valence-corrected chi connectivity index (χ0v) is 19.6. The van der Waals surface area contributed by atoms with Crippen molar-refractivity contribution in [2.45, 2.75) is 58.8 Å². The van der Waals surface area contributed by atoms with Crippen LogP contribution in [0.5, 0.6) is 0 Å². The topological polar surface area (TPSA) is 42.7 Å². The van der Waals surface area contributed by atoms with Gasteiger partial charge >= 0.3 is 0 Å². The Balaban J connectivity index is 1.30. The SMILES string of the molecule is C=C(NCCCCCCCc1ccc(C(=C)C)c(CC)c1)c1ncn(-c2ccccc2)n1. The molecule has 4 heteroatoms. The van der Waals surface area contributed by atoms with Crippen LogP contribution in [0.3, 0.4) is 0 Å². The van der Waals surface area contributed by atoms with Gasteiger partial charge in [-0.1, -0.05) is 81.3 Å². The number of nitrogens with one attached hydrogen (secondary N) is 1. The molecule has 0 saturated carbocycles. The van der Waals surface area contributed by atoms with Crippen LogP contribution in [-0.2, 0) is 12.8 Å². The van der Waals surface area contributed by atoms with Gasteiger partial charge < -0.3 is 5.32 Å². The molecule has 0 aliphatic carbocycles. The van der Waals surface area contributed by atoms with Crippen LogP contribution in [0.15, 0.2) is 68.0 Å². The summed E-state index contributed by atoms with van der Waals surface area (Å²) in [6.45, 7) is 13.4. The van der Waals surface area contributed by atoms with E-state index in [1.165, 1.54) is 42.4 Å². The maximum absolute atomic E-state index is 4.51. The molecular weight excluding hydrogens is 392 g/mol. The molecule has 0 amide bonds. The van der Waals surface area contributed by atoms with E-state index in [1.54, 1.807) is 11.0 Å². The van der Waals surface area contributed by atoms with Crippen molar-refractivity contribution in [2.75, 3.05) is 6.54 Å². The first kappa shape index (κ1) is 23.5. The molecule has 1 N–H and O–H groups in total. The van der Waals surface area contributed by atoms with Crippen molar-refractivity contribution in [3.8, 4) is 5.69 Å². The van der Waals surface area contributed by atoms with Gasteiger partial charge in [0, 0.05) is 6.54 Å². The molecule has 0 spiro atoms. The normalized spacial score (nSPS) is 10.8. The number of unbranched alkanes of at least 4 members (excludes halogenated alkanes) is 4. The van der Waals surface area contributed by atoms with Gasteiger partial charge in [0.15, 0.2) is 5.82 Å². The van der Waals surface area contributed by atoms with Gasteiger partial charge in [-0.2, -0.15) is 0 Å². The molecule has 1 heterocycles. The number of rotatable bonds is 13. The highest BCUT2D eigenvalue weighted by Gasteiger charge is 2.06. The quantitative estimate of drug-likeness (QED) is 0.311. The predicted molar refractivity (Wildman–Crippen MR) is 136 cm³/mol. The fourth-order valence-corrected chi connectivity index (χ4v) is 3.92. The minimum absolute atomic E-state index is 0.651. The molecule has 0 saturated heterocycles. The molecule has 32 heavy (non-hydrogen) atoms. The number of allylic oxidation sites excluding steroid dienone is 1. The van der Waals surface area contributed by atoms with Gasteiger partial charge in [-0.25, -0.2) is 9.67 Å². The van der Waals surface area contributed by atoms with Gasteiger partial charge in [0.2, 0.25) is 0 Å². The fraction of sp³-hybridized carbons (Fsp3) is 0.357. The van der Waals surface area contributed by atoms with E-state index < -0.39 is 0 Å².